The molecule has 1 radical (unpaired) electrons. The molecule has 17 heavy (non-hydrogen) atoms. The maximum atomic E-state index is 4.30. The zero-order valence-electron chi connectivity index (χ0n) is 10.1. The number of rotatable bonds is 3. The Balaban J connectivity index is 2.27. The van der Waals surface area contributed by atoms with Gasteiger partial charge in [-0.2, -0.15) is 10.2 Å². The van der Waals surface area contributed by atoms with Gasteiger partial charge in [0.05, 0.1) is 11.4 Å². The van der Waals surface area contributed by atoms with E-state index in [4.69, 9.17) is 0 Å². The lowest BCUT2D eigenvalue weighted by Crippen LogP contribution is -1.87. The van der Waals surface area contributed by atoms with Gasteiger partial charge in [-0.05, 0) is 23.8 Å². The topological polar surface area (TPSA) is 24.7 Å². The molecule has 0 bridgehead atoms. The smallest absolute Gasteiger partial charge is 0.0894 e. The van der Waals surface area contributed by atoms with Gasteiger partial charge in [0.25, 0.3) is 0 Å². The van der Waals surface area contributed by atoms with Crippen LogP contribution in [0.2, 0.25) is 0 Å². The molecule has 0 aliphatic carbocycles. The van der Waals surface area contributed by atoms with Gasteiger partial charge in [-0.1, -0.05) is 50.2 Å². The van der Waals surface area contributed by atoms with Crippen molar-refractivity contribution in [2.75, 3.05) is 0 Å². The van der Waals surface area contributed by atoms with Crippen LogP contribution in [-0.4, -0.2) is 0 Å². The molecule has 0 amide bonds. The summed E-state index contributed by atoms with van der Waals surface area (Å²) in [6.45, 7) is 4.16. The lowest BCUT2D eigenvalue weighted by atomic mass is 10.0. The van der Waals surface area contributed by atoms with Crippen LogP contribution in [0.3, 0.4) is 0 Å². The molecule has 2 aromatic carbocycles. The Labute approximate surface area is 102 Å². The number of azo groups is 1. The predicted molar refractivity (Wildman–Crippen MR) is 70.8 cm³/mol. The Kier molecular flexibility index (Phi) is 3.66. The summed E-state index contributed by atoms with van der Waals surface area (Å²) < 4.78 is 0. The van der Waals surface area contributed by atoms with Crippen LogP contribution >= 0.6 is 0 Å². The van der Waals surface area contributed by atoms with Crippen LogP contribution in [0, 0.1) is 5.92 Å². The zero-order valence-corrected chi connectivity index (χ0v) is 10.1. The van der Waals surface area contributed by atoms with Gasteiger partial charge in [-0.25, -0.2) is 0 Å². The maximum Gasteiger partial charge on any atom is 0.0894 e. The van der Waals surface area contributed by atoms with E-state index < -0.39 is 0 Å². The second-order valence-corrected chi connectivity index (χ2v) is 4.05. The minimum atomic E-state index is 0.871. The van der Waals surface area contributed by atoms with Crippen LogP contribution in [-0.2, 0) is 0 Å². The molecule has 0 N–H and O–H groups in total. The first kappa shape index (κ1) is 11.5. The third-order valence-electron chi connectivity index (χ3n) is 2.47. The molecule has 0 saturated heterocycles. The number of hydrogen-bond acceptors (Lipinski definition) is 2. The summed E-state index contributed by atoms with van der Waals surface area (Å²) in [6, 6.07) is 17.8. The van der Waals surface area contributed by atoms with E-state index >= 15 is 0 Å². The summed E-state index contributed by atoms with van der Waals surface area (Å²) in [6.07, 6.45) is 0. The lowest BCUT2D eigenvalue weighted by molar-refractivity contribution is 1.12. The van der Waals surface area contributed by atoms with Crippen molar-refractivity contribution < 1.29 is 0 Å². The van der Waals surface area contributed by atoms with Gasteiger partial charge < -0.3 is 0 Å². The molecule has 0 spiro atoms. The predicted octanol–water partition coefficient (Wildman–Crippen LogP) is 5.06. The molecular formula is C15H15N2. The number of hydrogen-bond donors (Lipinski definition) is 0. The largest absolute Gasteiger partial charge is 0.151 e. The Morgan fingerprint density at radius 3 is 2.12 bits per heavy atom. The minimum absolute atomic E-state index is 0.871. The van der Waals surface area contributed by atoms with Crippen molar-refractivity contribution in [1.82, 2.24) is 0 Å². The summed E-state index contributed by atoms with van der Waals surface area (Å²) in [5, 5.41) is 8.53. The van der Waals surface area contributed by atoms with Gasteiger partial charge in [0.1, 0.15) is 0 Å². The maximum absolute atomic E-state index is 4.30. The van der Waals surface area contributed by atoms with Crippen LogP contribution in [0.5, 0.6) is 0 Å². The molecule has 0 atom stereocenters. The van der Waals surface area contributed by atoms with Crippen molar-refractivity contribution >= 4 is 11.4 Å². The Morgan fingerprint density at radius 2 is 1.41 bits per heavy atom. The minimum Gasteiger partial charge on any atom is -0.151 e. The average molecular weight is 223 g/mol. The highest BCUT2D eigenvalue weighted by Crippen LogP contribution is 2.27. The van der Waals surface area contributed by atoms with Crippen LogP contribution in [0.15, 0.2) is 64.8 Å². The van der Waals surface area contributed by atoms with Crippen LogP contribution in [0.4, 0.5) is 11.4 Å². The first-order valence-electron chi connectivity index (χ1n) is 5.64. The van der Waals surface area contributed by atoms with Crippen LogP contribution in [0.1, 0.15) is 19.4 Å². The molecule has 0 aliphatic heterocycles. The quantitative estimate of drug-likeness (QED) is 0.649. The van der Waals surface area contributed by atoms with Gasteiger partial charge in [0.15, 0.2) is 0 Å². The van der Waals surface area contributed by atoms with Crippen molar-refractivity contribution in [3.63, 3.8) is 0 Å². The molecule has 0 aromatic heterocycles. The fourth-order valence-corrected chi connectivity index (χ4v) is 1.59. The standard InChI is InChI=1S/C15H15N2/c1-12(2)14-10-6-7-11-15(14)17-16-13-8-4-3-5-9-13/h3-11H,1-2H3/b17-16+. The lowest BCUT2D eigenvalue weighted by Gasteiger charge is -2.06. The monoisotopic (exact) mass is 223 g/mol. The molecule has 2 rings (SSSR count). The summed E-state index contributed by atoms with van der Waals surface area (Å²) in [4.78, 5) is 0. The van der Waals surface area contributed by atoms with Gasteiger partial charge in [-0.3, -0.25) is 0 Å². The normalized spacial score (nSPS) is 11.2. The second-order valence-electron chi connectivity index (χ2n) is 4.05. The highest BCUT2D eigenvalue weighted by molar-refractivity contribution is 5.52. The molecule has 0 saturated carbocycles. The Morgan fingerprint density at radius 1 is 0.765 bits per heavy atom. The molecule has 2 nitrogen and oxygen atoms in total. The molecule has 0 unspecified atom stereocenters. The first-order chi connectivity index (χ1) is 8.27. The SMILES string of the molecule is C[C](C)c1ccccc1/N=N/c1ccccc1. The van der Waals surface area contributed by atoms with Crippen LogP contribution < -0.4 is 0 Å². The first-order valence-corrected chi connectivity index (χ1v) is 5.64. The summed E-state index contributed by atoms with van der Waals surface area (Å²) in [5.74, 6) is 1.24. The third kappa shape index (κ3) is 3.00. The molecular weight excluding hydrogens is 208 g/mol. The average Bonchev–Trinajstić information content (AvgIpc) is 2.38. The summed E-state index contributed by atoms with van der Waals surface area (Å²) >= 11 is 0. The van der Waals surface area contributed by atoms with Crippen molar-refractivity contribution in [2.24, 2.45) is 10.2 Å². The molecule has 0 heterocycles. The Bertz CT molecular complexity index is 501. The number of nitrogens with zero attached hydrogens (tertiary/aromatic N) is 2. The molecule has 2 aromatic rings. The van der Waals surface area contributed by atoms with E-state index in [2.05, 4.69) is 30.1 Å². The highest BCUT2D eigenvalue weighted by atomic mass is 15.1. The van der Waals surface area contributed by atoms with Crippen molar-refractivity contribution in [3.05, 3.63) is 66.1 Å². The van der Waals surface area contributed by atoms with E-state index in [0.717, 1.165) is 16.9 Å². The van der Waals surface area contributed by atoms with Gasteiger partial charge in [0.2, 0.25) is 0 Å². The fraction of sp³-hybridized carbons (Fsp3) is 0.133. The van der Waals surface area contributed by atoms with Crippen molar-refractivity contribution in [2.45, 2.75) is 13.8 Å². The molecule has 2 heteroatoms. The highest BCUT2D eigenvalue weighted by Gasteiger charge is 2.04. The molecule has 85 valence electrons. The Hall–Kier alpha value is -1.96. The van der Waals surface area contributed by atoms with E-state index in [1.54, 1.807) is 0 Å². The van der Waals surface area contributed by atoms with Crippen molar-refractivity contribution in [1.29, 1.82) is 0 Å². The van der Waals surface area contributed by atoms with Crippen LogP contribution in [0.25, 0.3) is 0 Å². The van der Waals surface area contributed by atoms with E-state index in [1.165, 1.54) is 5.92 Å². The van der Waals surface area contributed by atoms with E-state index in [-0.39, 0.29) is 0 Å². The van der Waals surface area contributed by atoms with Gasteiger partial charge >= 0.3 is 0 Å². The van der Waals surface area contributed by atoms with E-state index in [1.807, 2.05) is 48.5 Å². The van der Waals surface area contributed by atoms with E-state index in [9.17, 15) is 0 Å². The third-order valence-corrected chi connectivity index (χ3v) is 2.47. The second kappa shape index (κ2) is 5.39. The summed E-state index contributed by atoms with van der Waals surface area (Å²) in [5.41, 5.74) is 2.93. The van der Waals surface area contributed by atoms with Crippen molar-refractivity contribution in [3.8, 4) is 0 Å². The van der Waals surface area contributed by atoms with Gasteiger partial charge in [-0.15, -0.1) is 0 Å². The van der Waals surface area contributed by atoms with E-state index in [0.29, 0.717) is 0 Å². The zero-order chi connectivity index (χ0) is 12.1. The summed E-state index contributed by atoms with van der Waals surface area (Å²) in [7, 11) is 0. The molecule has 0 fully saturated rings. The fourth-order valence-electron chi connectivity index (χ4n) is 1.59. The molecule has 0 aliphatic rings. The van der Waals surface area contributed by atoms with Gasteiger partial charge in [0, 0.05) is 5.92 Å². The number of benzene rings is 2.